The zero-order chi connectivity index (χ0) is 20.1. The van der Waals surface area contributed by atoms with E-state index >= 15 is 0 Å². The molecular weight excluding hydrogens is 348 g/mol. The van der Waals surface area contributed by atoms with E-state index in [-0.39, 0.29) is 11.3 Å². The van der Waals surface area contributed by atoms with Crippen molar-refractivity contribution in [3.8, 4) is 6.07 Å². The number of nitrogens with zero attached hydrogens (tertiary/aromatic N) is 2. The van der Waals surface area contributed by atoms with Crippen molar-refractivity contribution in [2.24, 2.45) is 0 Å². The van der Waals surface area contributed by atoms with Gasteiger partial charge in [0.2, 0.25) is 0 Å². The number of hydrogen-bond acceptors (Lipinski definition) is 4. The highest BCUT2D eigenvalue weighted by Crippen LogP contribution is 2.29. The third-order valence-electron chi connectivity index (χ3n) is 4.32. The lowest BCUT2D eigenvalue weighted by Crippen LogP contribution is -2.18. The van der Waals surface area contributed by atoms with Gasteiger partial charge in [-0.05, 0) is 41.3 Å². The monoisotopic (exact) mass is 370 g/mol. The number of carbonyl (C=O) groups is 1. The summed E-state index contributed by atoms with van der Waals surface area (Å²) in [5.74, 6) is 0.287. The van der Waals surface area contributed by atoms with Gasteiger partial charge in [-0.3, -0.25) is 4.79 Å². The summed E-state index contributed by atoms with van der Waals surface area (Å²) in [5.41, 5.74) is 3.41. The van der Waals surface area contributed by atoms with Crippen LogP contribution in [0.4, 0.5) is 17.2 Å². The van der Waals surface area contributed by atoms with E-state index in [2.05, 4.69) is 42.5 Å². The van der Waals surface area contributed by atoms with Crippen LogP contribution in [0.2, 0.25) is 0 Å². The van der Waals surface area contributed by atoms with Crippen LogP contribution in [0.15, 0.2) is 66.9 Å². The largest absolute Gasteiger partial charge is 0.339 e. The summed E-state index contributed by atoms with van der Waals surface area (Å²) in [4.78, 5) is 17.1. The standard InChI is InChI=1S/C23H22N4O/c1-23(2,3)18-9-5-7-11-20(18)27-22(28)16-12-13-25-21(14-16)26-19-10-6-4-8-17(19)15-24/h4-14H,1-3H3,(H,25,26)(H,27,28). The lowest BCUT2D eigenvalue weighted by molar-refractivity contribution is 0.102. The van der Waals surface area contributed by atoms with Crippen molar-refractivity contribution < 1.29 is 4.79 Å². The molecule has 0 bridgehead atoms. The van der Waals surface area contributed by atoms with Gasteiger partial charge in [0.25, 0.3) is 5.91 Å². The van der Waals surface area contributed by atoms with Gasteiger partial charge in [-0.1, -0.05) is 51.1 Å². The van der Waals surface area contributed by atoms with Crippen LogP contribution in [0.1, 0.15) is 42.3 Å². The van der Waals surface area contributed by atoms with E-state index < -0.39 is 0 Å². The van der Waals surface area contributed by atoms with Crippen molar-refractivity contribution in [1.29, 1.82) is 5.26 Å². The smallest absolute Gasteiger partial charge is 0.255 e. The molecule has 3 rings (SSSR count). The van der Waals surface area contributed by atoms with Crippen molar-refractivity contribution in [3.63, 3.8) is 0 Å². The fourth-order valence-corrected chi connectivity index (χ4v) is 2.91. The number of aromatic nitrogens is 1. The Labute approximate surface area is 165 Å². The molecule has 0 fully saturated rings. The molecule has 0 spiro atoms. The minimum Gasteiger partial charge on any atom is -0.339 e. The third kappa shape index (κ3) is 4.36. The first-order chi connectivity index (χ1) is 13.4. The number of nitrogens with one attached hydrogen (secondary N) is 2. The number of benzene rings is 2. The topological polar surface area (TPSA) is 77.8 Å². The van der Waals surface area contributed by atoms with Crippen LogP contribution in [0.25, 0.3) is 0 Å². The van der Waals surface area contributed by atoms with Gasteiger partial charge in [-0.15, -0.1) is 0 Å². The fourth-order valence-electron chi connectivity index (χ4n) is 2.91. The molecule has 140 valence electrons. The van der Waals surface area contributed by atoms with Crippen molar-refractivity contribution in [3.05, 3.63) is 83.6 Å². The molecule has 0 radical (unpaired) electrons. The number of carbonyl (C=O) groups excluding carboxylic acids is 1. The number of para-hydroxylation sites is 2. The third-order valence-corrected chi connectivity index (χ3v) is 4.32. The quantitative estimate of drug-likeness (QED) is 0.658. The number of anilines is 3. The maximum Gasteiger partial charge on any atom is 0.255 e. The molecule has 5 nitrogen and oxygen atoms in total. The molecule has 28 heavy (non-hydrogen) atoms. The van der Waals surface area contributed by atoms with Gasteiger partial charge in [0.15, 0.2) is 0 Å². The van der Waals surface area contributed by atoms with Crippen molar-refractivity contribution in [2.75, 3.05) is 10.6 Å². The molecular formula is C23H22N4O. The summed E-state index contributed by atoms with van der Waals surface area (Å²) >= 11 is 0. The average Bonchev–Trinajstić information content (AvgIpc) is 2.68. The first-order valence-corrected chi connectivity index (χ1v) is 9.01. The predicted molar refractivity (Wildman–Crippen MR) is 112 cm³/mol. The molecule has 0 aliphatic rings. The van der Waals surface area contributed by atoms with Crippen LogP contribution in [-0.4, -0.2) is 10.9 Å². The number of hydrogen-bond donors (Lipinski definition) is 2. The first-order valence-electron chi connectivity index (χ1n) is 9.01. The molecule has 5 heteroatoms. The Morgan fingerprint density at radius 1 is 1.00 bits per heavy atom. The Kier molecular flexibility index (Phi) is 5.42. The highest BCUT2D eigenvalue weighted by Gasteiger charge is 2.19. The maximum atomic E-state index is 12.8. The second kappa shape index (κ2) is 7.93. The van der Waals surface area contributed by atoms with Gasteiger partial charge >= 0.3 is 0 Å². The van der Waals surface area contributed by atoms with Gasteiger partial charge < -0.3 is 10.6 Å². The number of pyridine rings is 1. The summed E-state index contributed by atoms with van der Waals surface area (Å²) in [6.07, 6.45) is 1.57. The van der Waals surface area contributed by atoms with Crippen molar-refractivity contribution in [2.45, 2.75) is 26.2 Å². The second-order valence-electron chi connectivity index (χ2n) is 7.46. The SMILES string of the molecule is CC(C)(C)c1ccccc1NC(=O)c1ccnc(Nc2ccccc2C#N)c1. The van der Waals surface area contributed by atoms with Gasteiger partial charge in [0.05, 0.1) is 11.3 Å². The normalized spacial score (nSPS) is 10.8. The highest BCUT2D eigenvalue weighted by atomic mass is 16.1. The van der Waals surface area contributed by atoms with Crippen LogP contribution < -0.4 is 10.6 Å². The fraction of sp³-hybridized carbons (Fsp3) is 0.174. The van der Waals surface area contributed by atoms with Crippen LogP contribution in [-0.2, 0) is 5.41 Å². The predicted octanol–water partition coefficient (Wildman–Crippen LogP) is 5.25. The summed E-state index contributed by atoms with van der Waals surface area (Å²) in [5, 5.41) is 15.3. The Balaban J connectivity index is 1.83. The molecule has 1 amide bonds. The summed E-state index contributed by atoms with van der Waals surface area (Å²) < 4.78 is 0. The summed E-state index contributed by atoms with van der Waals surface area (Å²) in [6, 6.07) is 20.4. The van der Waals surface area contributed by atoms with Crippen LogP contribution in [0.5, 0.6) is 0 Å². The number of amides is 1. The molecule has 0 unspecified atom stereocenters. The molecule has 2 N–H and O–H groups in total. The lowest BCUT2D eigenvalue weighted by Gasteiger charge is -2.23. The molecule has 0 aliphatic carbocycles. The van der Waals surface area contributed by atoms with E-state index in [0.29, 0.717) is 22.6 Å². The molecule has 0 saturated carbocycles. The Morgan fingerprint density at radius 3 is 2.39 bits per heavy atom. The molecule has 0 aliphatic heterocycles. The van der Waals surface area contributed by atoms with Gasteiger partial charge in [-0.25, -0.2) is 4.98 Å². The summed E-state index contributed by atoms with van der Waals surface area (Å²) in [6.45, 7) is 6.33. The average molecular weight is 370 g/mol. The van der Waals surface area contributed by atoms with Crippen LogP contribution >= 0.6 is 0 Å². The van der Waals surface area contributed by atoms with E-state index in [1.54, 1.807) is 36.5 Å². The Morgan fingerprint density at radius 2 is 1.68 bits per heavy atom. The van der Waals surface area contributed by atoms with E-state index in [1.165, 1.54) is 0 Å². The maximum absolute atomic E-state index is 12.8. The van der Waals surface area contributed by atoms with Gasteiger partial charge in [0.1, 0.15) is 11.9 Å². The van der Waals surface area contributed by atoms with E-state index in [9.17, 15) is 10.1 Å². The molecule has 3 aromatic rings. The Hall–Kier alpha value is -3.65. The molecule has 0 atom stereocenters. The van der Waals surface area contributed by atoms with Crippen molar-refractivity contribution >= 4 is 23.1 Å². The zero-order valence-corrected chi connectivity index (χ0v) is 16.2. The second-order valence-corrected chi connectivity index (χ2v) is 7.46. The minimum atomic E-state index is -0.212. The zero-order valence-electron chi connectivity index (χ0n) is 16.2. The van der Waals surface area contributed by atoms with Gasteiger partial charge in [-0.2, -0.15) is 5.26 Å². The molecule has 2 aromatic carbocycles. The number of rotatable bonds is 4. The van der Waals surface area contributed by atoms with E-state index in [0.717, 1.165) is 11.3 Å². The number of nitriles is 1. The minimum absolute atomic E-state index is 0.0875. The van der Waals surface area contributed by atoms with Crippen LogP contribution in [0.3, 0.4) is 0 Å². The van der Waals surface area contributed by atoms with E-state index in [4.69, 9.17) is 0 Å². The molecule has 0 saturated heterocycles. The molecule has 1 aromatic heterocycles. The van der Waals surface area contributed by atoms with E-state index in [1.807, 2.05) is 30.3 Å². The first kappa shape index (κ1) is 19.1. The summed E-state index contributed by atoms with van der Waals surface area (Å²) in [7, 11) is 0. The molecule has 1 heterocycles. The highest BCUT2D eigenvalue weighted by molar-refractivity contribution is 6.05. The van der Waals surface area contributed by atoms with Crippen molar-refractivity contribution in [1.82, 2.24) is 4.98 Å². The van der Waals surface area contributed by atoms with Gasteiger partial charge in [0, 0.05) is 17.4 Å². The lowest BCUT2D eigenvalue weighted by atomic mass is 9.86. The Bertz CT molecular complexity index is 1040. The van der Waals surface area contributed by atoms with Crippen LogP contribution in [0, 0.1) is 11.3 Å².